The Kier molecular flexibility index (Phi) is 3.45. The van der Waals surface area contributed by atoms with Gasteiger partial charge >= 0.3 is 0 Å². The van der Waals surface area contributed by atoms with Crippen LogP contribution in [-0.2, 0) is 0 Å². The summed E-state index contributed by atoms with van der Waals surface area (Å²) >= 11 is 0. The molecular weight excluding hydrogens is 170 g/mol. The number of H-pyrrole nitrogens is 1. The number of hydrogen-bond donors (Lipinski definition) is 3. The average molecular weight is 183 g/mol. The van der Waals surface area contributed by atoms with E-state index in [-0.39, 0.29) is 11.7 Å². The molecule has 1 aromatic heterocycles. The number of aromatic nitrogens is 2. The van der Waals surface area contributed by atoms with E-state index in [0.29, 0.717) is 18.8 Å². The molecule has 1 rings (SSSR count). The van der Waals surface area contributed by atoms with Crippen LogP contribution in [0.15, 0.2) is 17.2 Å². The first-order chi connectivity index (χ1) is 6.18. The number of aliphatic hydroxyl groups is 1. The summed E-state index contributed by atoms with van der Waals surface area (Å²) in [6.45, 7) is 2.33. The fraction of sp³-hybridized carbons (Fsp3) is 0.500. The first-order valence-electron chi connectivity index (χ1n) is 4.15. The molecule has 3 N–H and O–H groups in total. The molecule has 5 nitrogen and oxygen atoms in total. The number of nitrogens with one attached hydrogen (secondary N) is 2. The molecule has 0 spiro atoms. The third-order valence-corrected chi connectivity index (χ3v) is 1.53. The van der Waals surface area contributed by atoms with E-state index < -0.39 is 0 Å². The van der Waals surface area contributed by atoms with Crippen molar-refractivity contribution in [3.8, 4) is 0 Å². The van der Waals surface area contributed by atoms with Crippen LogP contribution in [-0.4, -0.2) is 27.7 Å². The van der Waals surface area contributed by atoms with Crippen LogP contribution in [0.5, 0.6) is 0 Å². The van der Waals surface area contributed by atoms with E-state index in [1.165, 1.54) is 12.4 Å². The number of aliphatic hydroxyl groups excluding tert-OH is 1. The lowest BCUT2D eigenvalue weighted by molar-refractivity contribution is 0.188. The molecular formula is C8H13N3O2. The van der Waals surface area contributed by atoms with Gasteiger partial charge in [0.2, 0.25) is 0 Å². The first kappa shape index (κ1) is 9.73. The fourth-order valence-corrected chi connectivity index (χ4v) is 0.882. The molecule has 72 valence electrons. The summed E-state index contributed by atoms with van der Waals surface area (Å²) in [6, 6.07) is 0. The van der Waals surface area contributed by atoms with Crippen molar-refractivity contribution in [3.63, 3.8) is 0 Å². The molecule has 0 amide bonds. The van der Waals surface area contributed by atoms with Gasteiger partial charge < -0.3 is 15.4 Å². The fourth-order valence-electron chi connectivity index (χ4n) is 0.882. The summed E-state index contributed by atoms with van der Waals surface area (Å²) in [5.74, 6) is 0.577. The number of aromatic amines is 1. The average Bonchev–Trinajstić information content (AvgIpc) is 2.03. The zero-order chi connectivity index (χ0) is 9.68. The summed E-state index contributed by atoms with van der Waals surface area (Å²) < 4.78 is 0. The topological polar surface area (TPSA) is 78.0 Å². The molecule has 0 aliphatic rings. The SMILES string of the molecule is CC(O)CCNc1cncc(=O)[nH]1. The van der Waals surface area contributed by atoms with Crippen molar-refractivity contribution < 1.29 is 5.11 Å². The summed E-state index contributed by atoms with van der Waals surface area (Å²) in [7, 11) is 0. The van der Waals surface area contributed by atoms with Crippen molar-refractivity contribution in [2.24, 2.45) is 0 Å². The third-order valence-electron chi connectivity index (χ3n) is 1.53. The van der Waals surface area contributed by atoms with Crippen LogP contribution in [0.1, 0.15) is 13.3 Å². The lowest BCUT2D eigenvalue weighted by atomic mass is 10.3. The number of anilines is 1. The summed E-state index contributed by atoms with van der Waals surface area (Å²) in [5.41, 5.74) is -0.234. The Morgan fingerprint density at radius 1 is 1.69 bits per heavy atom. The first-order valence-corrected chi connectivity index (χ1v) is 4.15. The molecule has 1 heterocycles. The summed E-state index contributed by atoms with van der Waals surface area (Å²) in [4.78, 5) is 17.1. The van der Waals surface area contributed by atoms with Crippen molar-refractivity contribution in [1.82, 2.24) is 9.97 Å². The molecule has 0 saturated carbocycles. The summed E-state index contributed by atoms with van der Waals surface area (Å²) in [5, 5.41) is 11.9. The minimum absolute atomic E-state index is 0.234. The van der Waals surface area contributed by atoms with E-state index in [0.717, 1.165) is 0 Å². The van der Waals surface area contributed by atoms with Gasteiger partial charge in [-0.3, -0.25) is 9.78 Å². The highest BCUT2D eigenvalue weighted by Gasteiger charge is 1.96. The standard InChI is InChI=1S/C8H13N3O2/c1-6(12)2-3-10-7-4-9-5-8(13)11-7/h4-6,12H,2-3H2,1H3,(H2,10,11,13). The quantitative estimate of drug-likeness (QED) is 0.611. The second kappa shape index (κ2) is 4.61. The van der Waals surface area contributed by atoms with Gasteiger partial charge in [0.1, 0.15) is 5.82 Å². The van der Waals surface area contributed by atoms with E-state index in [1.54, 1.807) is 6.92 Å². The van der Waals surface area contributed by atoms with Crippen molar-refractivity contribution in [1.29, 1.82) is 0 Å². The van der Waals surface area contributed by atoms with Crippen molar-refractivity contribution >= 4 is 5.82 Å². The normalized spacial score (nSPS) is 12.5. The monoisotopic (exact) mass is 183 g/mol. The molecule has 13 heavy (non-hydrogen) atoms. The zero-order valence-electron chi connectivity index (χ0n) is 7.45. The van der Waals surface area contributed by atoms with E-state index >= 15 is 0 Å². The highest BCUT2D eigenvalue weighted by Crippen LogP contribution is 1.96. The van der Waals surface area contributed by atoms with E-state index in [1.807, 2.05) is 0 Å². The van der Waals surface area contributed by atoms with Crippen molar-refractivity contribution in [2.45, 2.75) is 19.4 Å². The van der Waals surface area contributed by atoms with Gasteiger partial charge in [0, 0.05) is 6.54 Å². The van der Waals surface area contributed by atoms with Crippen LogP contribution < -0.4 is 10.9 Å². The van der Waals surface area contributed by atoms with E-state index in [2.05, 4.69) is 15.3 Å². The maximum absolute atomic E-state index is 10.8. The van der Waals surface area contributed by atoms with Gasteiger partial charge in [0.15, 0.2) is 0 Å². The lowest BCUT2D eigenvalue weighted by Gasteiger charge is -2.06. The smallest absolute Gasteiger partial charge is 0.267 e. The van der Waals surface area contributed by atoms with E-state index in [9.17, 15) is 4.79 Å². The molecule has 0 aliphatic carbocycles. The van der Waals surface area contributed by atoms with Gasteiger partial charge in [-0.1, -0.05) is 0 Å². The Bertz CT molecular complexity index is 308. The maximum Gasteiger partial charge on any atom is 0.267 e. The van der Waals surface area contributed by atoms with Crippen molar-refractivity contribution in [2.75, 3.05) is 11.9 Å². The Hall–Kier alpha value is -1.36. The molecule has 1 atom stereocenters. The van der Waals surface area contributed by atoms with Crippen LogP contribution in [0, 0.1) is 0 Å². The molecule has 0 aromatic carbocycles. The Morgan fingerprint density at radius 2 is 2.46 bits per heavy atom. The van der Waals surface area contributed by atoms with Crippen LogP contribution in [0.3, 0.4) is 0 Å². The van der Waals surface area contributed by atoms with Gasteiger partial charge in [-0.25, -0.2) is 0 Å². The predicted molar refractivity (Wildman–Crippen MR) is 49.6 cm³/mol. The number of nitrogens with zero attached hydrogens (tertiary/aromatic N) is 1. The molecule has 0 saturated heterocycles. The lowest BCUT2D eigenvalue weighted by Crippen LogP contribution is -2.14. The van der Waals surface area contributed by atoms with Crippen LogP contribution in [0.25, 0.3) is 0 Å². The van der Waals surface area contributed by atoms with Gasteiger partial charge in [-0.2, -0.15) is 0 Å². The molecule has 0 bridgehead atoms. The predicted octanol–water partition coefficient (Wildman–Crippen LogP) is -0.0473. The highest BCUT2D eigenvalue weighted by molar-refractivity contribution is 5.29. The second-order valence-corrected chi connectivity index (χ2v) is 2.87. The second-order valence-electron chi connectivity index (χ2n) is 2.87. The molecule has 0 radical (unpaired) electrons. The number of hydrogen-bond acceptors (Lipinski definition) is 4. The van der Waals surface area contributed by atoms with Crippen LogP contribution in [0.4, 0.5) is 5.82 Å². The van der Waals surface area contributed by atoms with Gasteiger partial charge in [-0.05, 0) is 13.3 Å². The van der Waals surface area contributed by atoms with Crippen LogP contribution >= 0.6 is 0 Å². The minimum atomic E-state index is -0.337. The van der Waals surface area contributed by atoms with Gasteiger partial charge in [0.05, 0.1) is 18.5 Å². The zero-order valence-corrected chi connectivity index (χ0v) is 7.45. The maximum atomic E-state index is 10.8. The molecule has 5 heteroatoms. The molecule has 1 unspecified atom stereocenters. The molecule has 0 aliphatic heterocycles. The largest absolute Gasteiger partial charge is 0.393 e. The van der Waals surface area contributed by atoms with Gasteiger partial charge in [0.25, 0.3) is 5.56 Å². The number of rotatable bonds is 4. The molecule has 1 aromatic rings. The highest BCUT2D eigenvalue weighted by atomic mass is 16.3. The Balaban J connectivity index is 2.41. The van der Waals surface area contributed by atoms with Crippen molar-refractivity contribution in [3.05, 3.63) is 22.7 Å². The van der Waals surface area contributed by atoms with Crippen LogP contribution in [0.2, 0.25) is 0 Å². The third kappa shape index (κ3) is 3.71. The Labute approximate surface area is 75.8 Å². The Morgan fingerprint density at radius 3 is 3.08 bits per heavy atom. The molecule has 0 fully saturated rings. The van der Waals surface area contributed by atoms with Gasteiger partial charge in [-0.15, -0.1) is 0 Å². The summed E-state index contributed by atoms with van der Waals surface area (Å²) in [6.07, 6.45) is 3.04. The van der Waals surface area contributed by atoms with E-state index in [4.69, 9.17) is 5.11 Å². The minimum Gasteiger partial charge on any atom is -0.393 e.